The summed E-state index contributed by atoms with van der Waals surface area (Å²) in [7, 11) is 1.38. The molecule has 0 bridgehead atoms. The number of thiophene rings is 1. The van der Waals surface area contributed by atoms with E-state index in [1.165, 1.54) is 7.11 Å². The van der Waals surface area contributed by atoms with Crippen molar-refractivity contribution >= 4 is 33.3 Å². The van der Waals surface area contributed by atoms with Crippen LogP contribution >= 0.6 is 11.3 Å². The molecule has 0 saturated carbocycles. The van der Waals surface area contributed by atoms with Crippen LogP contribution in [0.2, 0.25) is 0 Å². The van der Waals surface area contributed by atoms with Crippen molar-refractivity contribution in [1.29, 1.82) is 0 Å². The fourth-order valence-corrected chi connectivity index (χ4v) is 3.74. The minimum Gasteiger partial charge on any atom is -0.467 e. The zero-order chi connectivity index (χ0) is 15.9. The monoisotopic (exact) mass is 321 g/mol. The van der Waals surface area contributed by atoms with Gasteiger partial charge in [0, 0.05) is 6.54 Å². The Balaban J connectivity index is 2.02. The molecule has 0 amide bonds. The van der Waals surface area contributed by atoms with Gasteiger partial charge in [-0.05, 0) is 31.7 Å². The number of morpholine rings is 1. The molecule has 1 fully saturated rings. The molecule has 1 saturated heterocycles. The second kappa shape index (κ2) is 5.81. The van der Waals surface area contributed by atoms with Crippen molar-refractivity contribution in [2.24, 2.45) is 0 Å². The average Bonchev–Trinajstić information content (AvgIpc) is 2.86. The lowest BCUT2D eigenvalue weighted by atomic mass is 10.2. The van der Waals surface area contributed by atoms with E-state index in [9.17, 15) is 4.79 Å². The van der Waals surface area contributed by atoms with Gasteiger partial charge in [0.05, 0.1) is 25.1 Å². The minimum atomic E-state index is -0.585. The van der Waals surface area contributed by atoms with Gasteiger partial charge < -0.3 is 14.4 Å². The van der Waals surface area contributed by atoms with Crippen molar-refractivity contribution in [3.8, 4) is 0 Å². The highest BCUT2D eigenvalue weighted by Gasteiger charge is 2.33. The van der Waals surface area contributed by atoms with Crippen LogP contribution in [0.4, 0.5) is 5.82 Å². The van der Waals surface area contributed by atoms with Gasteiger partial charge in [0.15, 0.2) is 6.10 Å². The van der Waals surface area contributed by atoms with Gasteiger partial charge in [0.25, 0.3) is 0 Å². The summed E-state index contributed by atoms with van der Waals surface area (Å²) < 4.78 is 10.5. The Kier molecular flexibility index (Phi) is 4.01. The fraction of sp³-hybridized carbons (Fsp3) is 0.533. The molecule has 118 valence electrons. The van der Waals surface area contributed by atoms with Gasteiger partial charge in [0.1, 0.15) is 16.5 Å². The van der Waals surface area contributed by atoms with Crippen LogP contribution in [0, 0.1) is 13.8 Å². The maximum Gasteiger partial charge on any atom is 0.336 e. The second-order valence-corrected chi connectivity index (χ2v) is 6.41. The van der Waals surface area contributed by atoms with Gasteiger partial charge in [-0.1, -0.05) is 0 Å². The maximum atomic E-state index is 11.8. The van der Waals surface area contributed by atoms with E-state index in [0.717, 1.165) is 27.4 Å². The molecule has 2 aromatic rings. The Morgan fingerprint density at radius 3 is 2.91 bits per heavy atom. The Bertz CT molecular complexity index is 715. The van der Waals surface area contributed by atoms with Gasteiger partial charge in [-0.3, -0.25) is 0 Å². The van der Waals surface area contributed by atoms with Crippen LogP contribution in [0.25, 0.3) is 10.2 Å². The molecular weight excluding hydrogens is 302 g/mol. The van der Waals surface area contributed by atoms with E-state index in [1.807, 2.05) is 13.8 Å². The lowest BCUT2D eigenvalue weighted by molar-refractivity contribution is -0.158. The van der Waals surface area contributed by atoms with Crippen LogP contribution < -0.4 is 4.90 Å². The molecule has 1 aliphatic heterocycles. The topological polar surface area (TPSA) is 64.5 Å². The summed E-state index contributed by atoms with van der Waals surface area (Å²) in [6, 6.07) is 0. The maximum absolute atomic E-state index is 11.8. The SMILES string of the molecule is COC(=O)C1CN(c2nc(C)nc3scc(C)c23)C[C@@H](C)O1. The predicted octanol–water partition coefficient (Wildman–Crippen LogP) is 2.07. The quantitative estimate of drug-likeness (QED) is 0.789. The average molecular weight is 321 g/mol. The highest BCUT2D eigenvalue weighted by atomic mass is 32.1. The van der Waals surface area contributed by atoms with Crippen molar-refractivity contribution in [3.05, 3.63) is 16.8 Å². The van der Waals surface area contributed by atoms with Gasteiger partial charge >= 0.3 is 5.97 Å². The van der Waals surface area contributed by atoms with Crippen LogP contribution in [0.1, 0.15) is 18.3 Å². The standard InChI is InChI=1S/C15H19N3O3S/c1-8-7-22-14-12(8)13(16-10(3)17-14)18-5-9(2)21-11(6-18)15(19)20-4/h7,9,11H,5-6H2,1-4H3/t9-,11?/m1/s1. The molecule has 0 aliphatic carbocycles. The van der Waals surface area contributed by atoms with E-state index in [-0.39, 0.29) is 12.1 Å². The van der Waals surface area contributed by atoms with Crippen LogP contribution in [-0.2, 0) is 14.3 Å². The van der Waals surface area contributed by atoms with E-state index in [0.29, 0.717) is 13.1 Å². The fourth-order valence-electron chi connectivity index (χ4n) is 2.78. The van der Waals surface area contributed by atoms with Gasteiger partial charge in [-0.15, -0.1) is 11.3 Å². The first-order chi connectivity index (χ1) is 10.5. The van der Waals surface area contributed by atoms with Crippen molar-refractivity contribution in [1.82, 2.24) is 9.97 Å². The third kappa shape index (κ3) is 2.66. The van der Waals surface area contributed by atoms with Crippen LogP contribution in [0.3, 0.4) is 0 Å². The number of carbonyl (C=O) groups excluding carboxylic acids is 1. The van der Waals surface area contributed by atoms with Crippen LogP contribution in [-0.4, -0.2) is 48.3 Å². The van der Waals surface area contributed by atoms with Gasteiger partial charge in [0.2, 0.25) is 0 Å². The number of carbonyl (C=O) groups is 1. The van der Waals surface area contributed by atoms with Crippen LogP contribution in [0.15, 0.2) is 5.38 Å². The molecule has 2 atom stereocenters. The summed E-state index contributed by atoms with van der Waals surface area (Å²) in [6.45, 7) is 7.03. The van der Waals surface area contributed by atoms with Crippen molar-refractivity contribution in [3.63, 3.8) is 0 Å². The number of fused-ring (bicyclic) bond motifs is 1. The Labute approximate surface area is 133 Å². The Hall–Kier alpha value is -1.73. The number of nitrogens with zero attached hydrogens (tertiary/aromatic N) is 3. The van der Waals surface area contributed by atoms with E-state index in [4.69, 9.17) is 9.47 Å². The minimum absolute atomic E-state index is 0.0675. The largest absolute Gasteiger partial charge is 0.467 e. The molecule has 1 aliphatic rings. The summed E-state index contributed by atoms with van der Waals surface area (Å²) in [5.41, 5.74) is 1.16. The molecule has 1 unspecified atom stereocenters. The third-order valence-corrected chi connectivity index (χ3v) is 4.72. The van der Waals surface area contributed by atoms with Crippen molar-refractivity contribution in [2.75, 3.05) is 25.1 Å². The summed E-state index contributed by atoms with van der Waals surface area (Å²) in [6.07, 6.45) is -0.653. The predicted molar refractivity (Wildman–Crippen MR) is 85.5 cm³/mol. The smallest absolute Gasteiger partial charge is 0.336 e. The number of rotatable bonds is 2. The third-order valence-electron chi connectivity index (χ3n) is 3.73. The summed E-state index contributed by atoms with van der Waals surface area (Å²) in [4.78, 5) is 24.0. The number of ether oxygens (including phenoxy) is 2. The summed E-state index contributed by atoms with van der Waals surface area (Å²) >= 11 is 1.62. The number of hydrogen-bond acceptors (Lipinski definition) is 7. The molecule has 6 nitrogen and oxygen atoms in total. The van der Waals surface area contributed by atoms with E-state index < -0.39 is 6.10 Å². The van der Waals surface area contributed by atoms with Gasteiger partial charge in [-0.25, -0.2) is 14.8 Å². The molecule has 3 heterocycles. The number of anilines is 1. The Morgan fingerprint density at radius 1 is 1.41 bits per heavy atom. The summed E-state index contributed by atoms with van der Waals surface area (Å²) in [5, 5.41) is 3.15. The highest BCUT2D eigenvalue weighted by Crippen LogP contribution is 2.33. The first kappa shape index (κ1) is 15.2. The Morgan fingerprint density at radius 2 is 2.18 bits per heavy atom. The normalized spacial score (nSPS) is 22.1. The number of methoxy groups -OCH3 is 1. The van der Waals surface area contributed by atoms with Crippen molar-refractivity contribution in [2.45, 2.75) is 33.0 Å². The number of hydrogen-bond donors (Lipinski definition) is 0. The summed E-state index contributed by atoms with van der Waals surface area (Å²) in [5.74, 6) is 1.27. The lowest BCUT2D eigenvalue weighted by Crippen LogP contribution is -2.50. The molecule has 7 heteroatoms. The second-order valence-electron chi connectivity index (χ2n) is 5.56. The molecule has 0 N–H and O–H groups in total. The number of esters is 1. The zero-order valence-electron chi connectivity index (χ0n) is 13.1. The lowest BCUT2D eigenvalue weighted by Gasteiger charge is -2.36. The van der Waals surface area contributed by atoms with Crippen LogP contribution in [0.5, 0.6) is 0 Å². The molecule has 0 radical (unpaired) electrons. The molecular formula is C15H19N3O3S. The number of aromatic nitrogens is 2. The molecule has 0 aromatic carbocycles. The first-order valence-electron chi connectivity index (χ1n) is 7.20. The van der Waals surface area contributed by atoms with Crippen molar-refractivity contribution < 1.29 is 14.3 Å². The zero-order valence-corrected chi connectivity index (χ0v) is 13.9. The molecule has 0 spiro atoms. The highest BCUT2D eigenvalue weighted by molar-refractivity contribution is 7.17. The first-order valence-corrected chi connectivity index (χ1v) is 8.08. The molecule has 22 heavy (non-hydrogen) atoms. The number of aryl methyl sites for hydroxylation is 2. The van der Waals surface area contributed by atoms with Gasteiger partial charge in [-0.2, -0.15) is 0 Å². The van der Waals surface area contributed by atoms with E-state index >= 15 is 0 Å². The molecule has 2 aromatic heterocycles. The van der Waals surface area contributed by atoms with E-state index in [2.05, 4.69) is 27.2 Å². The molecule has 3 rings (SSSR count). The van der Waals surface area contributed by atoms with E-state index in [1.54, 1.807) is 11.3 Å².